The molecule has 0 bridgehead atoms. The van der Waals surface area contributed by atoms with Gasteiger partial charge in [0.15, 0.2) is 0 Å². The van der Waals surface area contributed by atoms with E-state index in [1.807, 2.05) is 20.8 Å². The minimum absolute atomic E-state index is 0.0550. The number of rotatable bonds is 3. The van der Waals surface area contributed by atoms with Crippen molar-refractivity contribution in [2.24, 2.45) is 5.41 Å². The molecule has 6 nitrogen and oxygen atoms in total. The van der Waals surface area contributed by atoms with Crippen LogP contribution in [-0.4, -0.2) is 51.8 Å². The molecule has 0 radical (unpaired) electrons. The van der Waals surface area contributed by atoms with Crippen molar-refractivity contribution >= 4 is 12.0 Å². The molecule has 0 aromatic heterocycles. The van der Waals surface area contributed by atoms with Gasteiger partial charge in [0, 0.05) is 18.6 Å². The largest absolute Gasteiger partial charge is 0.481 e. The van der Waals surface area contributed by atoms with Crippen LogP contribution in [0.15, 0.2) is 24.3 Å². The zero-order valence-corrected chi connectivity index (χ0v) is 14.8. The van der Waals surface area contributed by atoms with E-state index in [1.54, 1.807) is 6.07 Å². The average molecular weight is 352 g/mol. The monoisotopic (exact) mass is 352 g/mol. The van der Waals surface area contributed by atoms with Crippen molar-refractivity contribution in [2.75, 3.05) is 13.1 Å². The number of hydrogen-bond acceptors (Lipinski definition) is 3. The number of carboxylic acids is 1. The van der Waals surface area contributed by atoms with Crippen LogP contribution in [0.25, 0.3) is 0 Å². The third-order valence-corrected chi connectivity index (χ3v) is 4.39. The first-order valence-electron chi connectivity index (χ1n) is 8.26. The van der Waals surface area contributed by atoms with E-state index >= 15 is 0 Å². The van der Waals surface area contributed by atoms with Crippen molar-refractivity contribution < 1.29 is 24.2 Å². The number of nitrogens with one attached hydrogen (secondary N) is 1. The Labute approximate surface area is 146 Å². The molecule has 1 heterocycles. The summed E-state index contributed by atoms with van der Waals surface area (Å²) in [6, 6.07) is 5.28. The second kappa shape index (κ2) is 7.00. The third-order valence-electron chi connectivity index (χ3n) is 4.39. The minimum Gasteiger partial charge on any atom is -0.481 e. The number of hydrogen-bond donors (Lipinski definition) is 3. The summed E-state index contributed by atoms with van der Waals surface area (Å²) in [5, 5.41) is 23.0. The molecule has 1 aromatic carbocycles. The molecule has 1 aliphatic rings. The molecule has 0 saturated carbocycles. The summed E-state index contributed by atoms with van der Waals surface area (Å²) in [7, 11) is 0. The molecule has 2 amide bonds. The fourth-order valence-electron chi connectivity index (χ4n) is 3.12. The topological polar surface area (TPSA) is 89.9 Å². The molecular formula is C18H25FN2O4. The van der Waals surface area contributed by atoms with Gasteiger partial charge in [0.25, 0.3) is 0 Å². The van der Waals surface area contributed by atoms with Crippen LogP contribution in [0.3, 0.4) is 0 Å². The number of amides is 2. The molecule has 25 heavy (non-hydrogen) atoms. The second-order valence-corrected chi connectivity index (χ2v) is 7.67. The number of benzene rings is 1. The van der Waals surface area contributed by atoms with Crippen molar-refractivity contribution in [3.63, 3.8) is 0 Å². The summed E-state index contributed by atoms with van der Waals surface area (Å²) >= 11 is 0. The molecule has 138 valence electrons. The predicted octanol–water partition coefficient (Wildman–Crippen LogP) is 2.01. The molecular weight excluding hydrogens is 327 g/mol. The molecule has 0 aliphatic carbocycles. The van der Waals surface area contributed by atoms with Crippen LogP contribution in [0.2, 0.25) is 0 Å². The number of aliphatic hydroxyl groups excluding tert-OH is 1. The van der Waals surface area contributed by atoms with Gasteiger partial charge in [-0.25, -0.2) is 9.18 Å². The van der Waals surface area contributed by atoms with Gasteiger partial charge >= 0.3 is 12.0 Å². The smallest absolute Gasteiger partial charge is 0.317 e. The zero-order valence-electron chi connectivity index (χ0n) is 14.8. The first-order chi connectivity index (χ1) is 11.5. The van der Waals surface area contributed by atoms with Crippen LogP contribution in [0.5, 0.6) is 0 Å². The van der Waals surface area contributed by atoms with E-state index in [-0.39, 0.29) is 32.0 Å². The fourth-order valence-corrected chi connectivity index (χ4v) is 3.12. The Morgan fingerprint density at radius 1 is 1.40 bits per heavy atom. The lowest BCUT2D eigenvalue weighted by Crippen LogP contribution is -2.61. The minimum atomic E-state index is -1.57. The van der Waals surface area contributed by atoms with Crippen LogP contribution in [0.1, 0.15) is 32.8 Å². The van der Waals surface area contributed by atoms with Gasteiger partial charge in [-0.05, 0) is 51.3 Å². The highest BCUT2D eigenvalue weighted by Gasteiger charge is 2.50. The summed E-state index contributed by atoms with van der Waals surface area (Å²) in [5.74, 6) is -1.66. The molecule has 1 saturated heterocycles. The van der Waals surface area contributed by atoms with Gasteiger partial charge in [0.2, 0.25) is 0 Å². The van der Waals surface area contributed by atoms with E-state index in [4.69, 9.17) is 0 Å². The molecule has 3 N–H and O–H groups in total. The van der Waals surface area contributed by atoms with Gasteiger partial charge in [-0.15, -0.1) is 0 Å². The Hall–Kier alpha value is -2.15. The van der Waals surface area contributed by atoms with Crippen LogP contribution < -0.4 is 5.32 Å². The van der Waals surface area contributed by atoms with E-state index < -0.39 is 28.8 Å². The van der Waals surface area contributed by atoms with Gasteiger partial charge in [0.05, 0.1) is 6.10 Å². The highest BCUT2D eigenvalue weighted by Crippen LogP contribution is 2.35. The molecule has 7 heteroatoms. The Bertz CT molecular complexity index is 659. The maximum absolute atomic E-state index is 13.5. The quantitative estimate of drug-likeness (QED) is 0.776. The lowest BCUT2D eigenvalue weighted by atomic mass is 9.73. The number of carbonyl (C=O) groups is 2. The summed E-state index contributed by atoms with van der Waals surface area (Å²) in [6.07, 6.45) is -1.02. The number of carboxylic acid groups (broad SMARTS) is 1. The first kappa shape index (κ1) is 19.2. The summed E-state index contributed by atoms with van der Waals surface area (Å²) < 4.78 is 13.5. The van der Waals surface area contributed by atoms with E-state index in [2.05, 4.69) is 5.32 Å². The molecule has 0 spiro atoms. The zero-order chi connectivity index (χ0) is 18.8. The standard InChI is InChI=1S/C18H25FN2O4/c1-17(2,3)20-16(25)21-8-7-14(22)18(11-21,15(23)24)10-12-5-4-6-13(19)9-12/h4-6,9,14,22H,7-8,10-11H2,1-3H3,(H,20,25)(H,23,24)/t14-,18-/m1/s1. The lowest BCUT2D eigenvalue weighted by molar-refractivity contribution is -0.161. The van der Waals surface area contributed by atoms with E-state index in [1.165, 1.54) is 23.1 Å². The molecule has 2 atom stereocenters. The summed E-state index contributed by atoms with van der Waals surface area (Å²) in [5.41, 5.74) is -1.55. The molecule has 1 fully saturated rings. The van der Waals surface area contributed by atoms with Gasteiger partial charge < -0.3 is 20.4 Å². The predicted molar refractivity (Wildman–Crippen MR) is 90.7 cm³/mol. The lowest BCUT2D eigenvalue weighted by Gasteiger charge is -2.44. The van der Waals surface area contributed by atoms with Gasteiger partial charge in [0.1, 0.15) is 11.2 Å². The number of piperidine rings is 1. The highest BCUT2D eigenvalue weighted by molar-refractivity contribution is 5.80. The number of halogens is 1. The highest BCUT2D eigenvalue weighted by atomic mass is 19.1. The Balaban J connectivity index is 2.28. The first-order valence-corrected chi connectivity index (χ1v) is 8.26. The van der Waals surface area contributed by atoms with Crippen molar-refractivity contribution in [2.45, 2.75) is 45.3 Å². The number of urea groups is 1. The van der Waals surface area contributed by atoms with Crippen molar-refractivity contribution in [1.82, 2.24) is 10.2 Å². The number of likely N-dealkylation sites (tertiary alicyclic amines) is 1. The van der Waals surface area contributed by atoms with Crippen LogP contribution in [0.4, 0.5) is 9.18 Å². The molecule has 2 rings (SSSR count). The van der Waals surface area contributed by atoms with Crippen molar-refractivity contribution in [3.05, 3.63) is 35.6 Å². The maximum atomic E-state index is 13.5. The fraction of sp³-hybridized carbons (Fsp3) is 0.556. The van der Waals surface area contributed by atoms with Crippen molar-refractivity contribution in [3.8, 4) is 0 Å². The normalized spacial score (nSPS) is 24.0. The Morgan fingerprint density at radius 2 is 2.08 bits per heavy atom. The summed E-state index contributed by atoms with van der Waals surface area (Å²) in [4.78, 5) is 25.8. The third kappa shape index (κ3) is 4.48. The maximum Gasteiger partial charge on any atom is 0.317 e. The number of aliphatic carboxylic acids is 1. The second-order valence-electron chi connectivity index (χ2n) is 7.67. The summed E-state index contributed by atoms with van der Waals surface area (Å²) in [6.45, 7) is 5.63. The number of carbonyl (C=O) groups excluding carboxylic acids is 1. The molecule has 0 unspecified atom stereocenters. The molecule has 1 aromatic rings. The van der Waals surface area contributed by atoms with E-state index in [0.29, 0.717) is 5.56 Å². The Kier molecular flexibility index (Phi) is 5.37. The van der Waals surface area contributed by atoms with E-state index in [0.717, 1.165) is 0 Å². The van der Waals surface area contributed by atoms with Crippen LogP contribution in [0, 0.1) is 11.2 Å². The van der Waals surface area contributed by atoms with Crippen LogP contribution >= 0.6 is 0 Å². The SMILES string of the molecule is CC(C)(C)NC(=O)N1CC[C@@H](O)[C@](Cc2cccc(F)c2)(C(=O)O)C1. The van der Waals surface area contributed by atoms with Crippen LogP contribution in [-0.2, 0) is 11.2 Å². The Morgan fingerprint density at radius 3 is 2.64 bits per heavy atom. The van der Waals surface area contributed by atoms with Crippen molar-refractivity contribution in [1.29, 1.82) is 0 Å². The van der Waals surface area contributed by atoms with Gasteiger partial charge in [-0.1, -0.05) is 12.1 Å². The van der Waals surface area contributed by atoms with Gasteiger partial charge in [-0.3, -0.25) is 4.79 Å². The average Bonchev–Trinajstić information content (AvgIpc) is 2.47. The number of nitrogens with zero attached hydrogens (tertiary/aromatic N) is 1. The van der Waals surface area contributed by atoms with E-state index in [9.17, 15) is 24.2 Å². The number of aliphatic hydroxyl groups is 1. The van der Waals surface area contributed by atoms with Gasteiger partial charge in [-0.2, -0.15) is 0 Å². The molecule has 1 aliphatic heterocycles.